The summed E-state index contributed by atoms with van der Waals surface area (Å²) in [5.41, 5.74) is 2.18. The molecule has 5 rings (SSSR count). The van der Waals surface area contributed by atoms with E-state index in [0.717, 1.165) is 38.8 Å². The Morgan fingerprint density at radius 2 is 1.77 bits per heavy atom. The third-order valence-electron chi connectivity index (χ3n) is 10.3. The van der Waals surface area contributed by atoms with Crippen LogP contribution in [0.1, 0.15) is 56.6 Å². The third-order valence-corrected chi connectivity index (χ3v) is 10.3. The number of piperidine rings is 1. The first-order valence-electron chi connectivity index (χ1n) is 15.3. The molecule has 12 heteroatoms. The molecule has 6 atom stereocenters. The number of likely N-dealkylation sites (N-methyl/N-ethyl adjacent to an activating group) is 1. The van der Waals surface area contributed by atoms with Gasteiger partial charge in [-0.2, -0.15) is 0 Å². The van der Waals surface area contributed by atoms with Crippen molar-refractivity contribution in [1.82, 2.24) is 9.80 Å². The van der Waals surface area contributed by atoms with E-state index in [-0.39, 0.29) is 22.9 Å². The normalized spacial score (nSPS) is 31.2. The zero-order chi connectivity index (χ0) is 32.4. The van der Waals surface area contributed by atoms with Crippen molar-refractivity contribution in [2.75, 3.05) is 45.7 Å². The summed E-state index contributed by atoms with van der Waals surface area (Å²) in [4.78, 5) is 45.6. The van der Waals surface area contributed by atoms with E-state index < -0.39 is 70.1 Å². The van der Waals surface area contributed by atoms with Crippen LogP contribution in [0.2, 0.25) is 0 Å². The van der Waals surface area contributed by atoms with Crippen LogP contribution in [0.3, 0.4) is 0 Å². The number of phenolic OH excluding ortho intramolecular Hbond substituents is 1. The molecular weight excluding hydrogens is 568 g/mol. The Morgan fingerprint density at radius 3 is 2.34 bits per heavy atom. The summed E-state index contributed by atoms with van der Waals surface area (Å²) in [5, 5.41) is 58.4. The van der Waals surface area contributed by atoms with Gasteiger partial charge in [-0.1, -0.05) is 26.3 Å². The molecule has 1 aliphatic heterocycles. The summed E-state index contributed by atoms with van der Waals surface area (Å²) in [6, 6.07) is 2.37. The molecule has 0 bridgehead atoms. The fourth-order valence-corrected chi connectivity index (χ4v) is 7.97. The van der Waals surface area contributed by atoms with E-state index in [9.17, 15) is 39.9 Å². The number of primary amides is 1. The molecule has 4 aliphatic rings. The molecule has 1 saturated carbocycles. The van der Waals surface area contributed by atoms with Gasteiger partial charge in [-0.15, -0.1) is 0 Å². The number of hydrogen-bond acceptors (Lipinski definition) is 11. The first-order chi connectivity index (χ1) is 20.7. The molecule has 1 saturated heterocycles. The number of carbonyl (C=O) groups is 3. The maximum atomic E-state index is 14.3. The van der Waals surface area contributed by atoms with Crippen LogP contribution in [0.25, 0.3) is 5.76 Å². The maximum Gasteiger partial charge on any atom is 0.255 e. The Labute approximate surface area is 257 Å². The number of fused-ring (bicyclic) bond motifs is 3. The molecule has 1 amide bonds. The number of rotatable bonds is 7. The smallest absolute Gasteiger partial charge is 0.255 e. The Hall–Kier alpha value is -3.45. The predicted molar refractivity (Wildman–Crippen MR) is 163 cm³/mol. The number of likely N-dealkylation sites (tertiary alicyclic amines) is 1. The van der Waals surface area contributed by atoms with Gasteiger partial charge in [-0.25, -0.2) is 0 Å². The molecular formula is C32H44N4O8. The van der Waals surface area contributed by atoms with Crippen molar-refractivity contribution >= 4 is 28.9 Å². The van der Waals surface area contributed by atoms with Gasteiger partial charge in [0.05, 0.1) is 29.3 Å². The molecule has 0 unspecified atom stereocenters. The molecule has 12 nitrogen and oxygen atoms in total. The van der Waals surface area contributed by atoms with Crippen LogP contribution in [-0.2, 0) is 14.4 Å². The van der Waals surface area contributed by atoms with Gasteiger partial charge in [0.2, 0.25) is 5.78 Å². The number of Topliss-reactive ketones (excluding diaryl/α,β-unsaturated/α-hetero) is 2. The van der Waals surface area contributed by atoms with Crippen LogP contribution in [0.5, 0.6) is 5.75 Å². The first kappa shape index (κ1) is 32.0. The second-order valence-electron chi connectivity index (χ2n) is 13.0. The Kier molecular flexibility index (Phi) is 8.34. The van der Waals surface area contributed by atoms with Crippen molar-refractivity contribution in [3.05, 3.63) is 40.2 Å². The molecule has 240 valence electrons. The lowest BCUT2D eigenvalue weighted by molar-refractivity contribution is -0.169. The minimum Gasteiger partial charge on any atom is -0.508 e. The second-order valence-corrected chi connectivity index (χ2v) is 13.0. The average molecular weight is 613 g/mol. The van der Waals surface area contributed by atoms with E-state index >= 15 is 0 Å². The number of hydrogen-bond donors (Lipinski definition) is 6. The number of nitrogens with zero attached hydrogens (tertiary/aromatic N) is 3. The highest BCUT2D eigenvalue weighted by Crippen LogP contribution is 2.57. The molecule has 1 aromatic carbocycles. The second kappa shape index (κ2) is 11.5. The summed E-state index contributed by atoms with van der Waals surface area (Å²) in [6.07, 6.45) is 1.98. The van der Waals surface area contributed by atoms with Crippen LogP contribution >= 0.6 is 0 Å². The van der Waals surface area contributed by atoms with Crippen LogP contribution in [-0.4, -0.2) is 117 Å². The highest BCUT2D eigenvalue weighted by atomic mass is 16.4. The van der Waals surface area contributed by atoms with Gasteiger partial charge in [-0.3, -0.25) is 19.3 Å². The molecule has 0 aromatic heterocycles. The highest BCUT2D eigenvalue weighted by molar-refractivity contribution is 6.24. The SMILES string of the molecule is CCCCN(c1ccc2c(c1O)C(O)=C1C(=O)[C@]3(O)C(O)=C(C(N)=O)C(=O)[C@H](N(C)C)[C@H]3[C@H](O)[C@H]1[C@@H]2C)C1CCN(C)CC1. The standard InChI is InChI=1S/C32H44N4O8/c1-6-7-12-36(16-10-13-35(5)14-11-16)18-9-8-17-15(2)19-21(26(38)20(17)25(18)37)29(41)32(44)23(27(19)39)24(34(3)4)28(40)22(30(32)42)31(33)43/h8-9,15-16,19,23-24,27,37-39,42,44H,6-7,10-14H2,1-5H3,(H2,33,43)/t15-,19+,23+,24-,27-,32+/m1/s1. The molecule has 1 aromatic rings. The van der Waals surface area contributed by atoms with E-state index in [2.05, 4.69) is 23.8 Å². The quantitative estimate of drug-likeness (QED) is 0.243. The summed E-state index contributed by atoms with van der Waals surface area (Å²) in [7, 11) is 5.04. The fourth-order valence-electron chi connectivity index (χ4n) is 7.97. The van der Waals surface area contributed by atoms with Crippen molar-refractivity contribution in [2.45, 2.75) is 69.2 Å². The van der Waals surface area contributed by atoms with Crippen LogP contribution in [0.4, 0.5) is 5.69 Å². The van der Waals surface area contributed by atoms with Crippen LogP contribution in [0.15, 0.2) is 29.0 Å². The lowest BCUT2D eigenvalue weighted by Crippen LogP contribution is -2.70. The number of unbranched alkanes of at least 4 members (excludes halogenated alkanes) is 1. The Morgan fingerprint density at radius 1 is 1.14 bits per heavy atom. The number of phenols is 1. The molecule has 0 radical (unpaired) electrons. The van der Waals surface area contributed by atoms with Crippen LogP contribution < -0.4 is 10.6 Å². The molecule has 44 heavy (non-hydrogen) atoms. The molecule has 0 spiro atoms. The average Bonchev–Trinajstić information content (AvgIpc) is 2.96. The lowest BCUT2D eigenvalue weighted by Gasteiger charge is -2.53. The van der Waals surface area contributed by atoms with Crippen molar-refractivity contribution in [2.24, 2.45) is 17.6 Å². The lowest BCUT2D eigenvalue weighted by atomic mass is 9.54. The highest BCUT2D eigenvalue weighted by Gasteiger charge is 2.68. The minimum absolute atomic E-state index is 0.0212. The van der Waals surface area contributed by atoms with E-state index in [0.29, 0.717) is 17.8 Å². The zero-order valence-corrected chi connectivity index (χ0v) is 25.9. The predicted octanol–water partition coefficient (Wildman–Crippen LogP) is 1.20. The number of ketones is 2. The molecule has 1 heterocycles. The van der Waals surface area contributed by atoms with Crippen molar-refractivity contribution < 1.29 is 39.9 Å². The Bertz CT molecular complexity index is 1450. The minimum atomic E-state index is -2.93. The van der Waals surface area contributed by atoms with Gasteiger partial charge in [0, 0.05) is 24.1 Å². The fraction of sp³-hybridized carbons (Fsp3) is 0.594. The third kappa shape index (κ3) is 4.53. The van der Waals surface area contributed by atoms with E-state index in [1.165, 1.54) is 19.0 Å². The number of benzene rings is 1. The van der Waals surface area contributed by atoms with E-state index in [4.69, 9.17) is 5.73 Å². The summed E-state index contributed by atoms with van der Waals surface area (Å²) in [5.74, 6) is -8.81. The van der Waals surface area contributed by atoms with Gasteiger partial charge in [0.25, 0.3) is 5.91 Å². The van der Waals surface area contributed by atoms with Gasteiger partial charge in [-0.05, 0) is 71.0 Å². The number of amides is 1. The zero-order valence-electron chi connectivity index (χ0n) is 25.9. The van der Waals surface area contributed by atoms with Gasteiger partial charge in [0.15, 0.2) is 11.4 Å². The van der Waals surface area contributed by atoms with Gasteiger partial charge < -0.3 is 41.1 Å². The maximum absolute atomic E-state index is 14.3. The Balaban J connectivity index is 1.69. The van der Waals surface area contributed by atoms with Crippen molar-refractivity contribution in [3.8, 4) is 5.75 Å². The number of nitrogens with two attached hydrogens (primary N) is 1. The van der Waals surface area contributed by atoms with Crippen molar-refractivity contribution in [1.29, 1.82) is 0 Å². The number of aliphatic hydroxyl groups excluding tert-OH is 3. The van der Waals surface area contributed by atoms with Gasteiger partial charge in [0.1, 0.15) is 22.8 Å². The summed E-state index contributed by atoms with van der Waals surface area (Å²) < 4.78 is 0. The number of aliphatic hydroxyl groups is 4. The number of aromatic hydroxyl groups is 1. The van der Waals surface area contributed by atoms with E-state index in [1.54, 1.807) is 13.0 Å². The summed E-state index contributed by atoms with van der Waals surface area (Å²) in [6.45, 7) is 6.31. The number of carbonyl (C=O) groups excluding carboxylic acids is 3. The monoisotopic (exact) mass is 612 g/mol. The van der Waals surface area contributed by atoms with Gasteiger partial charge >= 0.3 is 0 Å². The molecule has 2 fully saturated rings. The number of anilines is 1. The van der Waals surface area contributed by atoms with Crippen molar-refractivity contribution in [3.63, 3.8) is 0 Å². The van der Waals surface area contributed by atoms with E-state index in [1.807, 2.05) is 6.07 Å². The topological polar surface area (TPSA) is 188 Å². The largest absolute Gasteiger partial charge is 0.508 e. The molecule has 7 N–H and O–H groups in total. The first-order valence-corrected chi connectivity index (χ1v) is 15.3. The summed E-state index contributed by atoms with van der Waals surface area (Å²) >= 11 is 0. The van der Waals surface area contributed by atoms with Crippen LogP contribution in [0, 0.1) is 11.8 Å². The molecule has 3 aliphatic carbocycles.